The first-order valence-electron chi connectivity index (χ1n) is 7.74. The minimum atomic E-state index is 0.787. The van der Waals surface area contributed by atoms with E-state index < -0.39 is 0 Å². The molecule has 4 nitrogen and oxygen atoms in total. The molecular formula is C16H28N4. The SMILES string of the molecule is CCCNCc1cnccc1N(C)CC1CCN(C)C1. The van der Waals surface area contributed by atoms with E-state index in [0.717, 1.165) is 25.6 Å². The smallest absolute Gasteiger partial charge is 0.0440 e. The van der Waals surface area contributed by atoms with Crippen LogP contribution in [0.3, 0.4) is 0 Å². The second-order valence-electron chi connectivity index (χ2n) is 5.98. The van der Waals surface area contributed by atoms with Crippen LogP contribution in [0, 0.1) is 5.92 Å². The summed E-state index contributed by atoms with van der Waals surface area (Å²) in [5.41, 5.74) is 2.62. The summed E-state index contributed by atoms with van der Waals surface area (Å²) in [6.45, 7) is 7.75. The van der Waals surface area contributed by atoms with Crippen molar-refractivity contribution in [2.45, 2.75) is 26.3 Å². The van der Waals surface area contributed by atoms with E-state index in [4.69, 9.17) is 0 Å². The molecule has 0 aromatic carbocycles. The van der Waals surface area contributed by atoms with Gasteiger partial charge in [-0.25, -0.2) is 0 Å². The van der Waals surface area contributed by atoms with Gasteiger partial charge in [0, 0.05) is 50.3 Å². The summed E-state index contributed by atoms with van der Waals surface area (Å²) in [6, 6.07) is 2.14. The van der Waals surface area contributed by atoms with E-state index in [2.05, 4.69) is 47.2 Å². The van der Waals surface area contributed by atoms with Crippen molar-refractivity contribution >= 4 is 5.69 Å². The van der Waals surface area contributed by atoms with E-state index in [1.54, 1.807) is 0 Å². The van der Waals surface area contributed by atoms with Crippen molar-refractivity contribution in [2.75, 3.05) is 45.2 Å². The molecule has 0 amide bonds. The summed E-state index contributed by atoms with van der Waals surface area (Å²) in [4.78, 5) is 9.10. The summed E-state index contributed by atoms with van der Waals surface area (Å²) in [5, 5.41) is 3.47. The number of likely N-dealkylation sites (tertiary alicyclic amines) is 1. The zero-order chi connectivity index (χ0) is 14.4. The van der Waals surface area contributed by atoms with Gasteiger partial charge in [-0.15, -0.1) is 0 Å². The van der Waals surface area contributed by atoms with E-state index >= 15 is 0 Å². The van der Waals surface area contributed by atoms with Gasteiger partial charge < -0.3 is 15.1 Å². The van der Waals surface area contributed by atoms with Crippen LogP contribution >= 0.6 is 0 Å². The Kier molecular flexibility index (Phi) is 5.80. The van der Waals surface area contributed by atoms with Crippen LogP contribution in [0.15, 0.2) is 18.5 Å². The predicted molar refractivity (Wildman–Crippen MR) is 85.1 cm³/mol. The van der Waals surface area contributed by atoms with E-state index in [1.165, 1.54) is 37.2 Å². The summed E-state index contributed by atoms with van der Waals surface area (Å²) >= 11 is 0. The summed E-state index contributed by atoms with van der Waals surface area (Å²) < 4.78 is 0. The fraction of sp³-hybridized carbons (Fsp3) is 0.688. The first-order valence-corrected chi connectivity index (χ1v) is 7.74. The van der Waals surface area contributed by atoms with Gasteiger partial charge in [0.05, 0.1) is 0 Å². The molecule has 1 aromatic heterocycles. The molecule has 0 radical (unpaired) electrons. The Hall–Kier alpha value is -1.13. The number of hydrogen-bond acceptors (Lipinski definition) is 4. The minimum Gasteiger partial charge on any atom is -0.374 e. The maximum absolute atomic E-state index is 4.28. The normalized spacial score (nSPS) is 19.4. The Bertz CT molecular complexity index is 407. The highest BCUT2D eigenvalue weighted by molar-refractivity contribution is 5.51. The standard InChI is InChI=1S/C16H28N4/c1-4-7-17-10-15-11-18-8-5-16(15)20(3)13-14-6-9-19(2)12-14/h5,8,11,14,17H,4,6-7,9-10,12-13H2,1-3H3. The Labute approximate surface area is 123 Å². The average Bonchev–Trinajstić information content (AvgIpc) is 2.85. The third-order valence-corrected chi connectivity index (χ3v) is 4.05. The van der Waals surface area contributed by atoms with Crippen LogP contribution in [0.1, 0.15) is 25.3 Å². The van der Waals surface area contributed by atoms with Crippen molar-refractivity contribution < 1.29 is 0 Å². The molecular weight excluding hydrogens is 248 g/mol. The van der Waals surface area contributed by atoms with Gasteiger partial charge in [0.1, 0.15) is 0 Å². The molecule has 0 bridgehead atoms. The van der Waals surface area contributed by atoms with Crippen molar-refractivity contribution in [1.82, 2.24) is 15.2 Å². The van der Waals surface area contributed by atoms with Gasteiger partial charge >= 0.3 is 0 Å². The summed E-state index contributed by atoms with van der Waals surface area (Å²) in [5.74, 6) is 0.787. The number of pyridine rings is 1. The molecule has 0 spiro atoms. The van der Waals surface area contributed by atoms with Gasteiger partial charge in [-0.2, -0.15) is 0 Å². The quantitative estimate of drug-likeness (QED) is 0.772. The van der Waals surface area contributed by atoms with Crippen molar-refractivity contribution in [3.05, 3.63) is 24.0 Å². The molecule has 1 saturated heterocycles. The fourth-order valence-corrected chi connectivity index (χ4v) is 2.99. The Morgan fingerprint density at radius 3 is 3.05 bits per heavy atom. The molecule has 20 heavy (non-hydrogen) atoms. The molecule has 1 atom stereocenters. The van der Waals surface area contributed by atoms with Gasteiger partial charge in [0.15, 0.2) is 0 Å². The summed E-state index contributed by atoms with van der Waals surface area (Å²) in [6.07, 6.45) is 6.38. The Morgan fingerprint density at radius 1 is 1.50 bits per heavy atom. The Balaban J connectivity index is 1.95. The average molecular weight is 276 g/mol. The highest BCUT2D eigenvalue weighted by Gasteiger charge is 2.21. The number of nitrogens with zero attached hydrogens (tertiary/aromatic N) is 3. The predicted octanol–water partition coefficient (Wildman–Crippen LogP) is 1.97. The second-order valence-corrected chi connectivity index (χ2v) is 5.98. The fourth-order valence-electron chi connectivity index (χ4n) is 2.99. The molecule has 1 fully saturated rings. The monoisotopic (exact) mass is 276 g/mol. The van der Waals surface area contributed by atoms with Crippen molar-refractivity contribution in [2.24, 2.45) is 5.92 Å². The molecule has 1 N–H and O–H groups in total. The number of hydrogen-bond donors (Lipinski definition) is 1. The van der Waals surface area contributed by atoms with E-state index in [-0.39, 0.29) is 0 Å². The van der Waals surface area contributed by atoms with Crippen LogP contribution in [0.2, 0.25) is 0 Å². The summed E-state index contributed by atoms with van der Waals surface area (Å²) in [7, 11) is 4.42. The molecule has 4 heteroatoms. The van der Waals surface area contributed by atoms with Gasteiger partial charge in [0.2, 0.25) is 0 Å². The molecule has 0 aliphatic carbocycles. The molecule has 2 rings (SSSR count). The topological polar surface area (TPSA) is 31.4 Å². The zero-order valence-corrected chi connectivity index (χ0v) is 13.1. The van der Waals surface area contributed by atoms with Crippen LogP contribution in [0.5, 0.6) is 0 Å². The highest BCUT2D eigenvalue weighted by atomic mass is 15.2. The first kappa shape index (κ1) is 15.3. The maximum Gasteiger partial charge on any atom is 0.0440 e. The molecule has 1 aliphatic rings. The van der Waals surface area contributed by atoms with Gasteiger partial charge in [-0.1, -0.05) is 6.92 Å². The zero-order valence-electron chi connectivity index (χ0n) is 13.1. The Morgan fingerprint density at radius 2 is 2.35 bits per heavy atom. The maximum atomic E-state index is 4.28. The van der Waals surface area contributed by atoms with Crippen molar-refractivity contribution in [3.8, 4) is 0 Å². The van der Waals surface area contributed by atoms with Crippen LogP contribution in [-0.2, 0) is 6.54 Å². The molecule has 112 valence electrons. The molecule has 1 aromatic rings. The van der Waals surface area contributed by atoms with Gasteiger partial charge in [-0.05, 0) is 45.0 Å². The van der Waals surface area contributed by atoms with Gasteiger partial charge in [-0.3, -0.25) is 4.98 Å². The lowest BCUT2D eigenvalue weighted by Gasteiger charge is -2.25. The van der Waals surface area contributed by atoms with E-state index in [1.807, 2.05) is 12.4 Å². The van der Waals surface area contributed by atoms with Crippen LogP contribution in [0.4, 0.5) is 5.69 Å². The van der Waals surface area contributed by atoms with Gasteiger partial charge in [0.25, 0.3) is 0 Å². The molecule has 1 aliphatic heterocycles. The van der Waals surface area contributed by atoms with Crippen molar-refractivity contribution in [1.29, 1.82) is 0 Å². The first-order chi connectivity index (χ1) is 9.70. The lowest BCUT2D eigenvalue weighted by Crippen LogP contribution is -2.28. The van der Waals surface area contributed by atoms with E-state index in [0.29, 0.717) is 0 Å². The molecule has 1 unspecified atom stereocenters. The third kappa shape index (κ3) is 4.18. The lowest BCUT2D eigenvalue weighted by atomic mass is 10.1. The lowest BCUT2D eigenvalue weighted by molar-refractivity contribution is 0.396. The number of aromatic nitrogens is 1. The number of nitrogens with one attached hydrogen (secondary N) is 1. The largest absolute Gasteiger partial charge is 0.374 e. The van der Waals surface area contributed by atoms with Crippen LogP contribution in [0.25, 0.3) is 0 Å². The van der Waals surface area contributed by atoms with Crippen LogP contribution < -0.4 is 10.2 Å². The highest BCUT2D eigenvalue weighted by Crippen LogP contribution is 2.22. The third-order valence-electron chi connectivity index (χ3n) is 4.05. The van der Waals surface area contributed by atoms with E-state index in [9.17, 15) is 0 Å². The molecule has 2 heterocycles. The minimum absolute atomic E-state index is 0.787. The number of anilines is 1. The van der Waals surface area contributed by atoms with Crippen molar-refractivity contribution in [3.63, 3.8) is 0 Å². The van der Waals surface area contributed by atoms with Crippen LogP contribution in [-0.4, -0.2) is 50.2 Å². The molecule has 0 saturated carbocycles. The second kappa shape index (κ2) is 7.60. The number of rotatable bonds is 7.